The van der Waals surface area contributed by atoms with Crippen molar-refractivity contribution in [2.45, 2.75) is 0 Å². The molecule has 0 unspecified atom stereocenters. The fourth-order valence-electron chi connectivity index (χ4n) is 3.92. The molecule has 0 aliphatic carbocycles. The minimum atomic E-state index is 0.692. The Labute approximate surface area is 191 Å². The molecule has 2 aromatic heterocycles. The van der Waals surface area contributed by atoms with Gasteiger partial charge in [-0.05, 0) is 30.3 Å². The van der Waals surface area contributed by atoms with E-state index in [1.165, 1.54) is 0 Å². The van der Waals surface area contributed by atoms with Crippen LogP contribution in [-0.2, 0) is 7.05 Å². The average molecular weight is 450 g/mol. The van der Waals surface area contributed by atoms with E-state index in [1.54, 1.807) is 18.0 Å². The molecule has 5 rings (SSSR count). The third-order valence-corrected chi connectivity index (χ3v) is 5.88. The number of aryl methyl sites for hydroxylation is 1. The maximum Gasteiger partial charge on any atom is 0.229 e. The summed E-state index contributed by atoms with van der Waals surface area (Å²) < 4.78 is 7.12. The Bertz CT molecular complexity index is 1250. The Morgan fingerprint density at radius 3 is 2.53 bits per heavy atom. The molecule has 4 aromatic rings. The summed E-state index contributed by atoms with van der Waals surface area (Å²) in [5.74, 6) is 2.20. The number of nitrogens with zero attached hydrogens (tertiary/aromatic N) is 6. The van der Waals surface area contributed by atoms with E-state index in [2.05, 4.69) is 26.3 Å². The van der Waals surface area contributed by atoms with E-state index in [9.17, 15) is 0 Å². The summed E-state index contributed by atoms with van der Waals surface area (Å²) in [5, 5.41) is 9.43. The lowest BCUT2D eigenvalue weighted by atomic mass is 10.2. The first kappa shape index (κ1) is 20.4. The number of methoxy groups -OCH3 is 1. The monoisotopic (exact) mass is 449 g/mol. The maximum atomic E-state index is 6.17. The number of halogens is 1. The largest absolute Gasteiger partial charge is 0.497 e. The molecule has 1 aliphatic heterocycles. The van der Waals surface area contributed by atoms with Crippen molar-refractivity contribution in [1.29, 1.82) is 0 Å². The molecular weight excluding hydrogens is 426 g/mol. The molecule has 0 saturated carbocycles. The van der Waals surface area contributed by atoms with E-state index in [0.717, 1.165) is 65.2 Å². The highest BCUT2D eigenvalue weighted by Crippen LogP contribution is 2.28. The fourth-order valence-corrected chi connectivity index (χ4v) is 4.11. The Balaban J connectivity index is 1.41. The molecule has 0 radical (unpaired) electrons. The van der Waals surface area contributed by atoms with E-state index >= 15 is 0 Å². The van der Waals surface area contributed by atoms with Crippen LogP contribution in [0.5, 0.6) is 5.75 Å². The summed E-state index contributed by atoms with van der Waals surface area (Å²) in [6.45, 7) is 3.36. The minimum Gasteiger partial charge on any atom is -0.497 e. The molecule has 0 spiro atoms. The summed E-state index contributed by atoms with van der Waals surface area (Å²) in [4.78, 5) is 14.2. The summed E-state index contributed by atoms with van der Waals surface area (Å²) >= 11 is 6.17. The number of ether oxygens (including phenoxy) is 1. The van der Waals surface area contributed by atoms with Crippen LogP contribution in [0.15, 0.2) is 54.7 Å². The van der Waals surface area contributed by atoms with E-state index < -0.39 is 0 Å². The molecule has 8 nitrogen and oxygen atoms in total. The molecule has 0 bridgehead atoms. The maximum absolute atomic E-state index is 6.17. The van der Waals surface area contributed by atoms with Gasteiger partial charge in [-0.3, -0.25) is 4.68 Å². The molecule has 1 N–H and O–H groups in total. The zero-order chi connectivity index (χ0) is 22.1. The normalized spacial score (nSPS) is 14.1. The highest BCUT2D eigenvalue weighted by atomic mass is 35.5. The number of nitrogens with one attached hydrogen (secondary N) is 1. The summed E-state index contributed by atoms with van der Waals surface area (Å²) in [5.41, 5.74) is 2.82. The molecule has 164 valence electrons. The van der Waals surface area contributed by atoms with Crippen molar-refractivity contribution >= 4 is 45.8 Å². The highest BCUT2D eigenvalue weighted by Gasteiger charge is 2.22. The molecule has 0 atom stereocenters. The number of hydrogen-bond donors (Lipinski definition) is 1. The second kappa shape index (κ2) is 8.55. The predicted molar refractivity (Wildman–Crippen MR) is 128 cm³/mol. The van der Waals surface area contributed by atoms with Crippen LogP contribution in [0.25, 0.3) is 11.0 Å². The molecule has 32 heavy (non-hydrogen) atoms. The van der Waals surface area contributed by atoms with Gasteiger partial charge in [-0.25, -0.2) is 0 Å². The number of rotatable bonds is 5. The molecule has 0 amide bonds. The van der Waals surface area contributed by atoms with Gasteiger partial charge in [0, 0.05) is 55.7 Å². The Hall–Kier alpha value is -3.52. The molecule has 2 aromatic carbocycles. The first-order chi connectivity index (χ1) is 15.6. The van der Waals surface area contributed by atoms with Gasteiger partial charge in [0.05, 0.1) is 18.7 Å². The SMILES string of the molecule is COc1cccc(Nc2nc(N3CCN(c4cccc(Cl)c4)CC3)nc3c2cnn3C)c1. The van der Waals surface area contributed by atoms with Crippen molar-refractivity contribution < 1.29 is 4.74 Å². The summed E-state index contributed by atoms with van der Waals surface area (Å²) in [7, 11) is 3.55. The van der Waals surface area contributed by atoms with Crippen LogP contribution in [0.4, 0.5) is 23.1 Å². The standard InChI is InChI=1S/C23H24ClN7O/c1-29-22-20(15-25-29)21(26-17-6-4-8-19(14-17)32-2)27-23(28-22)31-11-9-30(10-12-31)18-7-3-5-16(24)13-18/h3-8,13-15H,9-12H2,1-2H3,(H,26,27,28). The molecule has 1 aliphatic rings. The van der Waals surface area contributed by atoms with E-state index in [0.29, 0.717) is 5.95 Å². The van der Waals surface area contributed by atoms with Crippen molar-refractivity contribution in [1.82, 2.24) is 19.7 Å². The molecule has 3 heterocycles. The van der Waals surface area contributed by atoms with Gasteiger partial charge >= 0.3 is 0 Å². The van der Waals surface area contributed by atoms with Gasteiger partial charge in [0.25, 0.3) is 0 Å². The van der Waals surface area contributed by atoms with Gasteiger partial charge in [0.15, 0.2) is 5.65 Å². The van der Waals surface area contributed by atoms with Gasteiger partial charge in [-0.15, -0.1) is 0 Å². The summed E-state index contributed by atoms with van der Waals surface area (Å²) in [6.07, 6.45) is 1.79. The third-order valence-electron chi connectivity index (χ3n) is 5.65. The van der Waals surface area contributed by atoms with E-state index in [-0.39, 0.29) is 0 Å². The number of piperazine rings is 1. The molecule has 1 saturated heterocycles. The van der Waals surface area contributed by atoms with Crippen LogP contribution in [-0.4, -0.2) is 53.0 Å². The lowest BCUT2D eigenvalue weighted by molar-refractivity contribution is 0.415. The van der Waals surface area contributed by atoms with Crippen LogP contribution in [0.1, 0.15) is 0 Å². The quantitative estimate of drug-likeness (QED) is 0.492. The van der Waals surface area contributed by atoms with Gasteiger partial charge in [0.2, 0.25) is 5.95 Å². The van der Waals surface area contributed by atoms with E-state index in [4.69, 9.17) is 26.3 Å². The smallest absolute Gasteiger partial charge is 0.229 e. The number of fused-ring (bicyclic) bond motifs is 1. The minimum absolute atomic E-state index is 0.692. The Morgan fingerprint density at radius 2 is 1.75 bits per heavy atom. The number of benzene rings is 2. The van der Waals surface area contributed by atoms with Crippen molar-refractivity contribution in [3.63, 3.8) is 0 Å². The first-order valence-electron chi connectivity index (χ1n) is 10.5. The molecule has 9 heteroatoms. The van der Waals surface area contributed by atoms with Crippen LogP contribution < -0.4 is 19.9 Å². The highest BCUT2D eigenvalue weighted by molar-refractivity contribution is 6.30. The van der Waals surface area contributed by atoms with Crippen molar-refractivity contribution in [2.24, 2.45) is 7.05 Å². The van der Waals surface area contributed by atoms with Gasteiger partial charge in [-0.1, -0.05) is 23.7 Å². The second-order valence-electron chi connectivity index (χ2n) is 7.69. The lowest BCUT2D eigenvalue weighted by Gasteiger charge is -2.36. The van der Waals surface area contributed by atoms with Crippen LogP contribution >= 0.6 is 11.6 Å². The fraction of sp³-hybridized carbons (Fsp3) is 0.261. The molecule has 1 fully saturated rings. The van der Waals surface area contributed by atoms with Crippen molar-refractivity contribution in [3.05, 3.63) is 59.8 Å². The zero-order valence-corrected chi connectivity index (χ0v) is 18.8. The van der Waals surface area contributed by atoms with Crippen molar-refractivity contribution in [2.75, 3.05) is 48.4 Å². The second-order valence-corrected chi connectivity index (χ2v) is 8.13. The lowest BCUT2D eigenvalue weighted by Crippen LogP contribution is -2.47. The van der Waals surface area contributed by atoms with Gasteiger partial charge in [0.1, 0.15) is 11.6 Å². The topological polar surface area (TPSA) is 71.3 Å². The van der Waals surface area contributed by atoms with Gasteiger partial charge < -0.3 is 19.9 Å². The third kappa shape index (κ3) is 4.01. The van der Waals surface area contributed by atoms with Crippen LogP contribution in [0.2, 0.25) is 5.02 Å². The van der Waals surface area contributed by atoms with Crippen molar-refractivity contribution in [3.8, 4) is 5.75 Å². The predicted octanol–water partition coefficient (Wildman–Crippen LogP) is 4.10. The molecular formula is C23H24ClN7O. The average Bonchev–Trinajstić information content (AvgIpc) is 3.20. The number of aromatic nitrogens is 4. The first-order valence-corrected chi connectivity index (χ1v) is 10.8. The number of anilines is 4. The Kier molecular flexibility index (Phi) is 5.45. The zero-order valence-electron chi connectivity index (χ0n) is 18.0. The van der Waals surface area contributed by atoms with E-state index in [1.807, 2.05) is 49.5 Å². The van der Waals surface area contributed by atoms with Gasteiger partial charge in [-0.2, -0.15) is 15.1 Å². The van der Waals surface area contributed by atoms with Crippen LogP contribution in [0, 0.1) is 0 Å². The number of hydrogen-bond acceptors (Lipinski definition) is 7. The van der Waals surface area contributed by atoms with Crippen LogP contribution in [0.3, 0.4) is 0 Å². The Morgan fingerprint density at radius 1 is 0.969 bits per heavy atom. The summed E-state index contributed by atoms with van der Waals surface area (Å²) in [6, 6.07) is 15.8.